The Balaban J connectivity index is 1.61. The van der Waals surface area contributed by atoms with Crippen molar-refractivity contribution in [2.24, 2.45) is 0 Å². The van der Waals surface area contributed by atoms with E-state index in [4.69, 9.17) is 11.6 Å². The highest BCUT2D eigenvalue weighted by atomic mass is 35.5. The van der Waals surface area contributed by atoms with Gasteiger partial charge in [0.15, 0.2) is 0 Å². The van der Waals surface area contributed by atoms with Crippen LogP contribution in [0.4, 0.5) is 5.69 Å². The number of nitrogens with one attached hydrogen (secondary N) is 1. The molecule has 0 bridgehead atoms. The minimum atomic E-state index is -0.286. The van der Waals surface area contributed by atoms with Crippen LogP contribution < -0.4 is 10.9 Å². The van der Waals surface area contributed by atoms with E-state index in [0.29, 0.717) is 22.8 Å². The first-order valence-electron chi connectivity index (χ1n) is 9.29. The molecule has 29 heavy (non-hydrogen) atoms. The van der Waals surface area contributed by atoms with E-state index in [2.05, 4.69) is 24.4 Å². The largest absolute Gasteiger partial charge is 0.339 e. The Morgan fingerprint density at radius 2 is 1.76 bits per heavy atom. The van der Waals surface area contributed by atoms with Crippen molar-refractivity contribution in [1.82, 2.24) is 9.13 Å². The van der Waals surface area contributed by atoms with Gasteiger partial charge in [-0.15, -0.1) is 0 Å². The smallest absolute Gasteiger partial charge is 0.275 e. The van der Waals surface area contributed by atoms with Gasteiger partial charge in [-0.3, -0.25) is 9.59 Å². The predicted octanol–water partition coefficient (Wildman–Crippen LogP) is 4.45. The lowest BCUT2D eigenvalue weighted by atomic mass is 10.1. The molecule has 4 aromatic rings. The van der Waals surface area contributed by atoms with Crippen molar-refractivity contribution in [3.8, 4) is 0 Å². The van der Waals surface area contributed by atoms with Gasteiger partial charge in [0.05, 0.1) is 0 Å². The second kappa shape index (κ2) is 7.97. The topological polar surface area (TPSA) is 56.0 Å². The summed E-state index contributed by atoms with van der Waals surface area (Å²) in [6.07, 6.45) is 3.56. The summed E-state index contributed by atoms with van der Waals surface area (Å²) in [7, 11) is 0. The molecule has 0 fully saturated rings. The lowest BCUT2D eigenvalue weighted by Crippen LogP contribution is -2.28. The van der Waals surface area contributed by atoms with Gasteiger partial charge in [0, 0.05) is 35.0 Å². The second-order valence-corrected chi connectivity index (χ2v) is 7.42. The second-order valence-electron chi connectivity index (χ2n) is 6.98. The average molecular weight is 406 g/mol. The Morgan fingerprint density at radius 1 is 1.00 bits per heavy atom. The van der Waals surface area contributed by atoms with E-state index in [1.54, 1.807) is 30.5 Å². The van der Waals surface area contributed by atoms with Crippen LogP contribution in [-0.2, 0) is 17.9 Å². The van der Waals surface area contributed by atoms with Gasteiger partial charge in [0.2, 0.25) is 5.91 Å². The molecule has 0 atom stereocenters. The first kappa shape index (κ1) is 19.0. The highest BCUT2D eigenvalue weighted by Crippen LogP contribution is 2.17. The number of pyridine rings is 1. The number of halogens is 1. The van der Waals surface area contributed by atoms with Gasteiger partial charge in [0.25, 0.3) is 5.56 Å². The number of hydrogen-bond acceptors (Lipinski definition) is 2. The number of benzene rings is 2. The summed E-state index contributed by atoms with van der Waals surface area (Å²) in [6, 6.07) is 18.8. The average Bonchev–Trinajstić information content (AvgIpc) is 3.09. The summed E-state index contributed by atoms with van der Waals surface area (Å²) in [4.78, 5) is 25.5. The Bertz CT molecular complexity index is 1260. The van der Waals surface area contributed by atoms with Crippen molar-refractivity contribution >= 4 is 34.1 Å². The quantitative estimate of drug-likeness (QED) is 0.533. The lowest BCUT2D eigenvalue weighted by Gasteiger charge is -2.11. The Hall–Kier alpha value is -3.31. The first-order valence-corrected chi connectivity index (χ1v) is 9.67. The van der Waals surface area contributed by atoms with Crippen LogP contribution in [0.5, 0.6) is 0 Å². The van der Waals surface area contributed by atoms with Gasteiger partial charge in [0.1, 0.15) is 12.1 Å². The van der Waals surface area contributed by atoms with Gasteiger partial charge in [-0.1, -0.05) is 41.9 Å². The molecule has 0 aliphatic heterocycles. The molecule has 0 radical (unpaired) electrons. The molecule has 2 aromatic heterocycles. The van der Waals surface area contributed by atoms with E-state index in [-0.39, 0.29) is 18.0 Å². The van der Waals surface area contributed by atoms with E-state index in [1.807, 2.05) is 35.0 Å². The zero-order valence-corrected chi connectivity index (χ0v) is 16.7. The minimum absolute atomic E-state index is 0.0726. The number of aromatic nitrogens is 2. The maximum Gasteiger partial charge on any atom is 0.275 e. The molecule has 5 nitrogen and oxygen atoms in total. The summed E-state index contributed by atoms with van der Waals surface area (Å²) in [6.45, 7) is 2.58. The maximum atomic E-state index is 13.1. The van der Waals surface area contributed by atoms with Gasteiger partial charge in [-0.25, -0.2) is 0 Å². The monoisotopic (exact) mass is 405 g/mol. The summed E-state index contributed by atoms with van der Waals surface area (Å²) < 4.78 is 3.36. The number of carbonyl (C=O) groups is 1. The predicted molar refractivity (Wildman–Crippen MR) is 117 cm³/mol. The fourth-order valence-corrected chi connectivity index (χ4v) is 3.58. The van der Waals surface area contributed by atoms with Gasteiger partial charge in [-0.2, -0.15) is 0 Å². The molecule has 0 unspecified atom stereocenters. The molecular weight excluding hydrogens is 386 g/mol. The van der Waals surface area contributed by atoms with Crippen LogP contribution in [0, 0.1) is 6.92 Å². The number of amides is 1. The molecule has 146 valence electrons. The van der Waals surface area contributed by atoms with Crippen LogP contribution in [0.25, 0.3) is 10.9 Å². The minimum Gasteiger partial charge on any atom is -0.339 e. The molecule has 0 aliphatic rings. The summed E-state index contributed by atoms with van der Waals surface area (Å²) in [5, 5.41) is 4.17. The zero-order valence-electron chi connectivity index (χ0n) is 15.9. The molecule has 4 rings (SSSR count). The van der Waals surface area contributed by atoms with E-state index >= 15 is 0 Å². The van der Waals surface area contributed by atoms with Crippen molar-refractivity contribution in [3.63, 3.8) is 0 Å². The third kappa shape index (κ3) is 4.10. The van der Waals surface area contributed by atoms with E-state index < -0.39 is 0 Å². The lowest BCUT2D eigenvalue weighted by molar-refractivity contribution is -0.116. The number of anilines is 1. The van der Waals surface area contributed by atoms with Crippen LogP contribution in [0.3, 0.4) is 0 Å². The molecule has 1 N–H and O–H groups in total. The third-order valence-electron chi connectivity index (χ3n) is 4.92. The first-order chi connectivity index (χ1) is 14.0. The Labute approximate surface area is 173 Å². The molecule has 2 aromatic carbocycles. The van der Waals surface area contributed by atoms with Crippen LogP contribution in [-0.4, -0.2) is 15.0 Å². The van der Waals surface area contributed by atoms with Gasteiger partial charge >= 0.3 is 0 Å². The summed E-state index contributed by atoms with van der Waals surface area (Å²) in [5.74, 6) is -0.286. The molecule has 0 saturated heterocycles. The normalized spacial score (nSPS) is 11.0. The highest BCUT2D eigenvalue weighted by Gasteiger charge is 2.12. The van der Waals surface area contributed by atoms with Crippen LogP contribution in [0.15, 0.2) is 77.9 Å². The standard InChI is InChI=1S/C23H20ClN3O2/c1-16-5-2-3-6-18(16)14-26-11-9-17-10-12-27(23(29)22(17)26)15-21(28)25-20-8-4-7-19(24)13-20/h2-13H,14-15H2,1H3,(H,25,28). The number of hydrogen-bond donors (Lipinski definition) is 1. The van der Waals surface area contributed by atoms with Crippen molar-refractivity contribution < 1.29 is 4.79 Å². The molecule has 6 heteroatoms. The Kier molecular flexibility index (Phi) is 5.23. The van der Waals surface area contributed by atoms with Crippen LogP contribution in [0.1, 0.15) is 11.1 Å². The van der Waals surface area contributed by atoms with Crippen molar-refractivity contribution in [2.75, 3.05) is 5.32 Å². The maximum absolute atomic E-state index is 13.1. The number of rotatable bonds is 5. The van der Waals surface area contributed by atoms with E-state index in [9.17, 15) is 9.59 Å². The summed E-state index contributed by atoms with van der Waals surface area (Å²) >= 11 is 5.95. The van der Waals surface area contributed by atoms with Crippen LogP contribution >= 0.6 is 11.6 Å². The fraction of sp³-hybridized carbons (Fsp3) is 0.130. The highest BCUT2D eigenvalue weighted by molar-refractivity contribution is 6.30. The summed E-state index contributed by atoms with van der Waals surface area (Å²) in [5.41, 5.74) is 3.32. The van der Waals surface area contributed by atoms with Crippen molar-refractivity contribution in [3.05, 3.63) is 99.6 Å². The molecule has 0 spiro atoms. The molecule has 0 saturated carbocycles. The zero-order chi connectivity index (χ0) is 20.4. The van der Waals surface area contributed by atoms with Gasteiger partial charge in [-0.05, 0) is 48.4 Å². The Morgan fingerprint density at radius 3 is 2.52 bits per heavy atom. The number of aryl methyl sites for hydroxylation is 1. The molecule has 2 heterocycles. The SMILES string of the molecule is Cc1ccccc1Cn1ccc2ccn(CC(=O)Nc3cccc(Cl)c3)c(=O)c21. The van der Waals surface area contributed by atoms with Gasteiger partial charge < -0.3 is 14.5 Å². The molecule has 1 amide bonds. The van der Waals surface area contributed by atoms with E-state index in [1.165, 1.54) is 10.1 Å². The molecule has 0 aliphatic carbocycles. The fourth-order valence-electron chi connectivity index (χ4n) is 3.39. The van der Waals surface area contributed by atoms with Crippen molar-refractivity contribution in [2.45, 2.75) is 20.0 Å². The van der Waals surface area contributed by atoms with E-state index in [0.717, 1.165) is 10.9 Å². The van der Waals surface area contributed by atoms with Crippen molar-refractivity contribution in [1.29, 1.82) is 0 Å². The van der Waals surface area contributed by atoms with Crippen LogP contribution in [0.2, 0.25) is 5.02 Å². The number of nitrogens with zero attached hydrogens (tertiary/aromatic N) is 2. The number of carbonyl (C=O) groups excluding carboxylic acids is 1. The number of fused-ring (bicyclic) bond motifs is 1. The molecular formula is C23H20ClN3O2. The third-order valence-corrected chi connectivity index (χ3v) is 5.15.